The van der Waals surface area contributed by atoms with Gasteiger partial charge in [0.15, 0.2) is 0 Å². The number of ether oxygens (including phenoxy) is 1. The van der Waals surface area contributed by atoms with Gasteiger partial charge in [-0.2, -0.15) is 20.7 Å². The zero-order valence-corrected chi connectivity index (χ0v) is 14.1. The molecular formula is C17H18N6O2. The second-order valence-electron chi connectivity index (χ2n) is 5.47. The van der Waals surface area contributed by atoms with E-state index in [0.29, 0.717) is 25.3 Å². The zero-order chi connectivity index (χ0) is 18.2. The minimum Gasteiger partial charge on any atom is -0.383 e. The van der Waals surface area contributed by atoms with Crippen LogP contribution in [-0.4, -0.2) is 42.6 Å². The lowest BCUT2D eigenvalue weighted by atomic mass is 9.93. The molecule has 8 nitrogen and oxygen atoms in total. The fraction of sp³-hybridized carbons (Fsp3) is 0.353. The molecule has 8 heteroatoms. The van der Waals surface area contributed by atoms with Gasteiger partial charge in [-0.15, -0.1) is 0 Å². The van der Waals surface area contributed by atoms with E-state index in [9.17, 15) is 4.79 Å². The molecule has 0 spiro atoms. The Bertz CT molecular complexity index is 754. The molecule has 1 aliphatic heterocycles. The van der Waals surface area contributed by atoms with E-state index in [-0.39, 0.29) is 17.5 Å². The van der Waals surface area contributed by atoms with E-state index in [1.165, 1.54) is 5.01 Å². The summed E-state index contributed by atoms with van der Waals surface area (Å²) in [6, 6.07) is 10.6. The average Bonchev–Trinajstić information content (AvgIpc) is 2.62. The maximum absolute atomic E-state index is 12.0. The molecule has 1 N–H and O–H groups in total. The number of benzene rings is 1. The third-order valence-electron chi connectivity index (χ3n) is 3.66. The van der Waals surface area contributed by atoms with Crippen LogP contribution in [0, 0.1) is 28.6 Å². The highest BCUT2D eigenvalue weighted by Gasteiger charge is 2.26. The van der Waals surface area contributed by atoms with Gasteiger partial charge in [0, 0.05) is 19.4 Å². The van der Waals surface area contributed by atoms with Gasteiger partial charge in [0.2, 0.25) is 11.6 Å². The Morgan fingerprint density at radius 2 is 2.08 bits per heavy atom. The fourth-order valence-electron chi connectivity index (χ4n) is 2.35. The van der Waals surface area contributed by atoms with Gasteiger partial charge in [0.25, 0.3) is 0 Å². The van der Waals surface area contributed by atoms with Crippen molar-refractivity contribution in [2.75, 3.05) is 25.7 Å². The fourth-order valence-corrected chi connectivity index (χ4v) is 2.35. The first-order valence-electron chi connectivity index (χ1n) is 7.71. The van der Waals surface area contributed by atoms with Crippen LogP contribution in [0.5, 0.6) is 0 Å². The first-order valence-corrected chi connectivity index (χ1v) is 7.71. The summed E-state index contributed by atoms with van der Waals surface area (Å²) in [5.41, 5.74) is 4.78. The molecule has 0 aromatic heterocycles. The Kier molecular flexibility index (Phi) is 6.21. The Hall–Kier alpha value is -3.23. The van der Waals surface area contributed by atoms with Crippen molar-refractivity contribution in [2.45, 2.75) is 13.3 Å². The number of hydrogen-bond donors (Lipinski definition) is 1. The zero-order valence-electron chi connectivity index (χ0n) is 14.1. The first kappa shape index (κ1) is 18.1. The summed E-state index contributed by atoms with van der Waals surface area (Å²) in [5, 5.41) is 26.9. The topological polar surface area (TPSA) is 114 Å². The molecule has 1 amide bonds. The van der Waals surface area contributed by atoms with Gasteiger partial charge in [-0.1, -0.05) is 19.1 Å². The molecule has 0 fully saturated rings. The third-order valence-corrected chi connectivity index (χ3v) is 3.66. The molecule has 2 rings (SSSR count). The number of nitrogens with one attached hydrogen (secondary N) is 1. The number of hydrazone groups is 2. The van der Waals surface area contributed by atoms with Crippen molar-refractivity contribution in [3.63, 3.8) is 0 Å². The van der Waals surface area contributed by atoms with E-state index >= 15 is 0 Å². The number of carbonyl (C=O) groups is 1. The van der Waals surface area contributed by atoms with Crippen LogP contribution in [0.2, 0.25) is 0 Å². The summed E-state index contributed by atoms with van der Waals surface area (Å²) >= 11 is 0. The van der Waals surface area contributed by atoms with Crippen molar-refractivity contribution in [1.82, 2.24) is 5.01 Å². The lowest BCUT2D eigenvalue weighted by Gasteiger charge is -2.27. The van der Waals surface area contributed by atoms with Crippen LogP contribution in [-0.2, 0) is 9.53 Å². The number of nitrogens with zero attached hydrogens (tertiary/aromatic N) is 5. The molecule has 1 aromatic rings. The summed E-state index contributed by atoms with van der Waals surface area (Å²) in [7, 11) is 1.58. The molecule has 128 valence electrons. The Balaban J connectivity index is 2.17. The molecule has 1 unspecified atom stereocenters. The van der Waals surface area contributed by atoms with Gasteiger partial charge >= 0.3 is 0 Å². The standard InChI is InChI=1S/C17H18N6O2/c1-12-9-16(24)23(7-8-25-2)22-17(12)13-3-5-14(6-4-13)20-21-15(10-18)11-19/h3-6,12,20H,7-9H2,1-2H3. The minimum absolute atomic E-state index is 0.0125. The molecule has 0 bridgehead atoms. The van der Waals surface area contributed by atoms with E-state index in [0.717, 1.165) is 11.3 Å². The number of methoxy groups -OCH3 is 1. The number of anilines is 1. The second kappa shape index (κ2) is 8.57. The van der Waals surface area contributed by atoms with E-state index in [4.69, 9.17) is 15.3 Å². The van der Waals surface area contributed by atoms with E-state index in [1.54, 1.807) is 31.4 Å². The molecule has 1 heterocycles. The smallest absolute Gasteiger partial charge is 0.243 e. The highest BCUT2D eigenvalue weighted by molar-refractivity contribution is 6.10. The van der Waals surface area contributed by atoms with Crippen LogP contribution in [0.3, 0.4) is 0 Å². The number of rotatable bonds is 6. The van der Waals surface area contributed by atoms with Crippen LogP contribution in [0.1, 0.15) is 18.9 Å². The molecule has 1 aromatic carbocycles. The number of amides is 1. The van der Waals surface area contributed by atoms with Crippen LogP contribution in [0.15, 0.2) is 34.5 Å². The summed E-state index contributed by atoms with van der Waals surface area (Å²) < 4.78 is 5.01. The lowest BCUT2D eigenvalue weighted by Crippen LogP contribution is -2.38. The normalized spacial score (nSPS) is 16.5. The Morgan fingerprint density at radius 3 is 2.68 bits per heavy atom. The van der Waals surface area contributed by atoms with Crippen LogP contribution in [0.4, 0.5) is 5.69 Å². The van der Waals surface area contributed by atoms with Gasteiger partial charge in [-0.05, 0) is 17.7 Å². The lowest BCUT2D eigenvalue weighted by molar-refractivity contribution is -0.133. The summed E-state index contributed by atoms with van der Waals surface area (Å²) in [6.07, 6.45) is 0.403. The highest BCUT2D eigenvalue weighted by Crippen LogP contribution is 2.22. The average molecular weight is 338 g/mol. The molecule has 25 heavy (non-hydrogen) atoms. The number of carbonyl (C=O) groups excluding carboxylic acids is 1. The molecule has 0 aliphatic carbocycles. The Labute approximate surface area is 146 Å². The van der Waals surface area contributed by atoms with Crippen molar-refractivity contribution in [3.05, 3.63) is 29.8 Å². The quantitative estimate of drug-likeness (QED) is 0.626. The van der Waals surface area contributed by atoms with Crippen LogP contribution >= 0.6 is 0 Å². The largest absolute Gasteiger partial charge is 0.383 e. The van der Waals surface area contributed by atoms with Gasteiger partial charge in [-0.25, -0.2) is 5.01 Å². The number of hydrogen-bond acceptors (Lipinski definition) is 7. The van der Waals surface area contributed by atoms with Crippen LogP contribution < -0.4 is 5.43 Å². The molecule has 1 aliphatic rings. The van der Waals surface area contributed by atoms with E-state index in [1.807, 2.05) is 19.1 Å². The molecular weight excluding hydrogens is 320 g/mol. The maximum Gasteiger partial charge on any atom is 0.243 e. The predicted molar refractivity (Wildman–Crippen MR) is 92.6 cm³/mol. The number of nitriles is 2. The third kappa shape index (κ3) is 4.63. The SMILES string of the molecule is COCCN1N=C(c2ccc(NN=C(C#N)C#N)cc2)C(C)CC1=O. The van der Waals surface area contributed by atoms with Crippen molar-refractivity contribution in [1.29, 1.82) is 10.5 Å². The maximum atomic E-state index is 12.0. The van der Waals surface area contributed by atoms with Gasteiger partial charge in [0.05, 0.1) is 24.6 Å². The molecule has 0 saturated carbocycles. The summed E-state index contributed by atoms with van der Waals surface area (Å²) in [5.74, 6) is 0.00775. The van der Waals surface area contributed by atoms with E-state index in [2.05, 4.69) is 15.6 Å². The monoisotopic (exact) mass is 338 g/mol. The van der Waals surface area contributed by atoms with Gasteiger partial charge in [0.1, 0.15) is 12.1 Å². The van der Waals surface area contributed by atoms with Gasteiger partial charge in [-0.3, -0.25) is 10.2 Å². The molecule has 0 radical (unpaired) electrons. The van der Waals surface area contributed by atoms with Crippen molar-refractivity contribution in [3.8, 4) is 12.1 Å². The van der Waals surface area contributed by atoms with Crippen molar-refractivity contribution in [2.24, 2.45) is 16.1 Å². The summed E-state index contributed by atoms with van der Waals surface area (Å²) in [6.45, 7) is 2.82. The second-order valence-corrected chi connectivity index (χ2v) is 5.47. The van der Waals surface area contributed by atoms with Crippen molar-refractivity contribution < 1.29 is 9.53 Å². The predicted octanol–water partition coefficient (Wildman–Crippen LogP) is 1.72. The first-order chi connectivity index (χ1) is 12.1. The molecule has 1 atom stereocenters. The van der Waals surface area contributed by atoms with Crippen LogP contribution in [0.25, 0.3) is 0 Å². The highest BCUT2D eigenvalue weighted by atomic mass is 16.5. The van der Waals surface area contributed by atoms with E-state index < -0.39 is 0 Å². The summed E-state index contributed by atoms with van der Waals surface area (Å²) in [4.78, 5) is 12.0. The minimum atomic E-state index is -0.248. The molecule has 0 saturated heterocycles. The van der Waals surface area contributed by atoms with Gasteiger partial charge < -0.3 is 4.74 Å². The Morgan fingerprint density at radius 1 is 1.40 bits per heavy atom. The van der Waals surface area contributed by atoms with Crippen molar-refractivity contribution >= 4 is 23.0 Å².